The van der Waals surface area contributed by atoms with E-state index >= 15 is 0 Å². The topological polar surface area (TPSA) is 82.2 Å². The first-order valence-electron chi connectivity index (χ1n) is 11.5. The number of aromatic amines is 1. The molecule has 2 saturated heterocycles. The highest BCUT2D eigenvalue weighted by molar-refractivity contribution is 5.94. The van der Waals surface area contributed by atoms with Crippen molar-refractivity contribution in [1.82, 2.24) is 24.8 Å². The zero-order valence-corrected chi connectivity index (χ0v) is 18.5. The monoisotopic (exact) mass is 431 g/mol. The largest absolute Gasteiger partial charge is 0.342 e. The molecule has 7 heteroatoms. The molecular formula is C25H29N5O2. The molecule has 7 nitrogen and oxygen atoms in total. The number of carbonyl (C=O) groups is 2. The Labute approximate surface area is 187 Å². The number of aromatic nitrogens is 3. The molecule has 0 saturated carbocycles. The molecule has 0 spiro atoms. The lowest BCUT2D eigenvalue weighted by Gasteiger charge is -2.37. The van der Waals surface area contributed by atoms with Gasteiger partial charge in [0.15, 0.2) is 5.65 Å². The van der Waals surface area contributed by atoms with E-state index in [0.717, 1.165) is 60.3 Å². The number of nitrogens with zero attached hydrogens (tertiary/aromatic N) is 4. The Hall–Kier alpha value is -3.22. The van der Waals surface area contributed by atoms with Crippen LogP contribution in [-0.4, -0.2) is 62.7 Å². The van der Waals surface area contributed by atoms with Crippen molar-refractivity contribution in [2.75, 3.05) is 26.2 Å². The number of aryl methyl sites for hydroxylation is 1. The van der Waals surface area contributed by atoms with E-state index in [1.807, 2.05) is 53.1 Å². The van der Waals surface area contributed by atoms with Crippen LogP contribution in [0.3, 0.4) is 0 Å². The Morgan fingerprint density at radius 1 is 1.00 bits per heavy atom. The van der Waals surface area contributed by atoms with Crippen molar-refractivity contribution in [2.45, 2.75) is 38.5 Å². The Morgan fingerprint density at radius 3 is 2.53 bits per heavy atom. The minimum absolute atomic E-state index is 0.00634. The lowest BCUT2D eigenvalue weighted by atomic mass is 9.91. The van der Waals surface area contributed by atoms with Crippen LogP contribution in [0.15, 0.2) is 42.6 Å². The van der Waals surface area contributed by atoms with Gasteiger partial charge in [-0.1, -0.05) is 17.7 Å². The van der Waals surface area contributed by atoms with Gasteiger partial charge < -0.3 is 14.8 Å². The van der Waals surface area contributed by atoms with E-state index < -0.39 is 0 Å². The van der Waals surface area contributed by atoms with Gasteiger partial charge in [0.2, 0.25) is 5.91 Å². The fraction of sp³-hybridized carbons (Fsp3) is 0.440. The maximum atomic E-state index is 13.3. The molecular weight excluding hydrogens is 402 g/mol. The maximum Gasteiger partial charge on any atom is 0.253 e. The molecule has 2 aromatic heterocycles. The van der Waals surface area contributed by atoms with Gasteiger partial charge in [-0.15, -0.1) is 0 Å². The minimum Gasteiger partial charge on any atom is -0.342 e. The van der Waals surface area contributed by atoms with E-state index in [9.17, 15) is 9.59 Å². The van der Waals surface area contributed by atoms with Crippen LogP contribution in [0.2, 0.25) is 0 Å². The SMILES string of the molecule is Cc1ccc(C(=O)N2CCC(C(=O)N3CCCC(c4nc5ncccc5[nH]4)C3)CC2)cc1. The van der Waals surface area contributed by atoms with Gasteiger partial charge in [0.1, 0.15) is 5.82 Å². The third kappa shape index (κ3) is 4.11. The average Bonchev–Trinajstić information content (AvgIpc) is 3.28. The van der Waals surface area contributed by atoms with Crippen LogP contribution in [0, 0.1) is 12.8 Å². The van der Waals surface area contributed by atoms with Crippen LogP contribution < -0.4 is 0 Å². The van der Waals surface area contributed by atoms with Crippen LogP contribution in [-0.2, 0) is 4.79 Å². The molecule has 2 fully saturated rings. The molecule has 5 rings (SSSR count). The van der Waals surface area contributed by atoms with Gasteiger partial charge in [-0.25, -0.2) is 9.97 Å². The van der Waals surface area contributed by atoms with Crippen molar-refractivity contribution in [3.63, 3.8) is 0 Å². The van der Waals surface area contributed by atoms with Crippen molar-refractivity contribution in [1.29, 1.82) is 0 Å². The molecule has 0 aliphatic carbocycles. The van der Waals surface area contributed by atoms with Crippen molar-refractivity contribution < 1.29 is 9.59 Å². The third-order valence-corrected chi connectivity index (χ3v) is 6.83. The second kappa shape index (κ2) is 8.73. The zero-order chi connectivity index (χ0) is 22.1. The number of amides is 2. The number of hydrogen-bond acceptors (Lipinski definition) is 4. The van der Waals surface area contributed by atoms with Crippen LogP contribution in [0.4, 0.5) is 0 Å². The predicted octanol–water partition coefficient (Wildman–Crippen LogP) is 3.52. The summed E-state index contributed by atoms with van der Waals surface area (Å²) >= 11 is 0. The van der Waals surface area contributed by atoms with Crippen LogP contribution in [0.25, 0.3) is 11.2 Å². The average molecular weight is 432 g/mol. The molecule has 3 aromatic rings. The summed E-state index contributed by atoms with van der Waals surface area (Å²) in [5, 5.41) is 0. The van der Waals surface area contributed by atoms with Gasteiger partial charge >= 0.3 is 0 Å². The smallest absolute Gasteiger partial charge is 0.253 e. The highest BCUT2D eigenvalue weighted by atomic mass is 16.2. The Kier molecular flexibility index (Phi) is 5.64. The molecule has 2 aliphatic rings. The second-order valence-electron chi connectivity index (χ2n) is 9.05. The summed E-state index contributed by atoms with van der Waals surface area (Å²) in [4.78, 5) is 42.3. The fourth-order valence-corrected chi connectivity index (χ4v) is 4.92. The number of hydrogen-bond donors (Lipinski definition) is 1. The number of nitrogens with one attached hydrogen (secondary N) is 1. The highest BCUT2D eigenvalue weighted by Gasteiger charge is 2.33. The van der Waals surface area contributed by atoms with E-state index in [-0.39, 0.29) is 23.7 Å². The van der Waals surface area contributed by atoms with Crippen molar-refractivity contribution in [2.24, 2.45) is 5.92 Å². The fourth-order valence-electron chi connectivity index (χ4n) is 4.92. The van der Waals surface area contributed by atoms with Gasteiger partial charge in [0, 0.05) is 49.8 Å². The Morgan fingerprint density at radius 2 is 1.78 bits per heavy atom. The molecule has 0 radical (unpaired) electrons. The highest BCUT2D eigenvalue weighted by Crippen LogP contribution is 2.29. The molecule has 1 N–H and O–H groups in total. The number of piperidine rings is 2. The lowest BCUT2D eigenvalue weighted by Crippen LogP contribution is -2.47. The molecule has 0 bridgehead atoms. The van der Waals surface area contributed by atoms with Gasteiger partial charge in [0.05, 0.1) is 5.52 Å². The Bertz CT molecular complexity index is 1080. The molecule has 1 unspecified atom stereocenters. The number of benzene rings is 1. The molecule has 2 amide bonds. The molecule has 166 valence electrons. The quantitative estimate of drug-likeness (QED) is 0.688. The normalized spacial score (nSPS) is 20.0. The Balaban J connectivity index is 1.19. The van der Waals surface area contributed by atoms with Crippen LogP contribution in [0.5, 0.6) is 0 Å². The number of rotatable bonds is 3. The van der Waals surface area contributed by atoms with E-state index in [2.05, 4.69) is 15.0 Å². The van der Waals surface area contributed by atoms with Crippen molar-refractivity contribution in [3.8, 4) is 0 Å². The number of H-pyrrole nitrogens is 1. The number of fused-ring (bicyclic) bond motifs is 1. The lowest BCUT2D eigenvalue weighted by molar-refractivity contribution is -0.138. The first-order valence-corrected chi connectivity index (χ1v) is 11.5. The maximum absolute atomic E-state index is 13.3. The van der Waals surface area contributed by atoms with Gasteiger partial charge in [-0.2, -0.15) is 0 Å². The van der Waals surface area contributed by atoms with E-state index in [0.29, 0.717) is 19.6 Å². The predicted molar refractivity (Wildman–Crippen MR) is 122 cm³/mol. The van der Waals surface area contributed by atoms with E-state index in [1.54, 1.807) is 6.20 Å². The molecule has 32 heavy (non-hydrogen) atoms. The van der Waals surface area contributed by atoms with Crippen molar-refractivity contribution >= 4 is 23.0 Å². The van der Waals surface area contributed by atoms with E-state index in [1.165, 1.54) is 0 Å². The van der Waals surface area contributed by atoms with Crippen LogP contribution in [0.1, 0.15) is 53.3 Å². The van der Waals surface area contributed by atoms with Gasteiger partial charge in [-0.3, -0.25) is 9.59 Å². The van der Waals surface area contributed by atoms with Crippen LogP contribution >= 0.6 is 0 Å². The summed E-state index contributed by atoms with van der Waals surface area (Å²) in [5.74, 6) is 1.42. The summed E-state index contributed by atoms with van der Waals surface area (Å²) in [5.41, 5.74) is 3.54. The van der Waals surface area contributed by atoms with Crippen molar-refractivity contribution in [3.05, 3.63) is 59.5 Å². The summed E-state index contributed by atoms with van der Waals surface area (Å²) in [6, 6.07) is 11.6. The number of carbonyl (C=O) groups excluding carboxylic acids is 2. The molecule has 1 aromatic carbocycles. The number of pyridine rings is 1. The standard InChI is InChI=1S/C25H29N5O2/c1-17-6-8-18(9-7-17)24(31)29-14-10-19(11-15-29)25(32)30-13-3-4-20(16-30)22-27-21-5-2-12-26-23(21)28-22/h2,5-9,12,19-20H,3-4,10-11,13-16H2,1H3,(H,26,27,28). The van der Waals surface area contributed by atoms with E-state index in [4.69, 9.17) is 0 Å². The minimum atomic E-state index is -0.00634. The number of imidazole rings is 1. The first-order chi connectivity index (χ1) is 15.6. The molecule has 1 atom stereocenters. The molecule has 4 heterocycles. The summed E-state index contributed by atoms with van der Waals surface area (Å²) in [6.07, 6.45) is 5.21. The first kappa shape index (κ1) is 20.7. The zero-order valence-electron chi connectivity index (χ0n) is 18.5. The second-order valence-corrected chi connectivity index (χ2v) is 9.05. The number of likely N-dealkylation sites (tertiary alicyclic amines) is 2. The third-order valence-electron chi connectivity index (χ3n) is 6.83. The molecule has 2 aliphatic heterocycles. The van der Waals surface area contributed by atoms with Gasteiger partial charge in [0.25, 0.3) is 5.91 Å². The summed E-state index contributed by atoms with van der Waals surface area (Å²) in [6.45, 7) is 4.78. The van der Waals surface area contributed by atoms with Gasteiger partial charge in [-0.05, 0) is 56.9 Å². The summed E-state index contributed by atoms with van der Waals surface area (Å²) in [7, 11) is 0. The summed E-state index contributed by atoms with van der Waals surface area (Å²) < 4.78 is 0.